The van der Waals surface area contributed by atoms with Gasteiger partial charge in [-0.1, -0.05) is 23.7 Å². The molecule has 0 aromatic heterocycles. The molecule has 0 atom stereocenters. The topological polar surface area (TPSA) is 51.5 Å². The standard InChI is InChI=1S/C17H15BrClNO3/c1-2-21-16-10-12(11-20)9-13(18)17(16)23-8-7-22-15-6-4-3-5-14(15)19/h3-6,9-10H,2,7-8H2,1H3. The third kappa shape index (κ3) is 4.78. The number of nitrogens with zero attached hydrogens (tertiary/aromatic N) is 1. The molecular formula is C17H15BrClNO3. The van der Waals surface area contributed by atoms with Crippen LogP contribution in [0.2, 0.25) is 5.02 Å². The van der Waals surface area contributed by atoms with E-state index in [1.165, 1.54) is 0 Å². The summed E-state index contributed by atoms with van der Waals surface area (Å²) in [6.45, 7) is 3.00. The van der Waals surface area contributed by atoms with Crippen LogP contribution in [-0.4, -0.2) is 19.8 Å². The van der Waals surface area contributed by atoms with Gasteiger partial charge in [-0.15, -0.1) is 0 Å². The molecule has 0 amide bonds. The molecule has 0 aliphatic heterocycles. The first kappa shape index (κ1) is 17.5. The van der Waals surface area contributed by atoms with Gasteiger partial charge in [0.15, 0.2) is 11.5 Å². The first-order chi connectivity index (χ1) is 11.2. The molecule has 0 saturated heterocycles. The maximum atomic E-state index is 9.01. The van der Waals surface area contributed by atoms with Gasteiger partial charge < -0.3 is 14.2 Å². The fourth-order valence-corrected chi connectivity index (χ4v) is 2.64. The minimum absolute atomic E-state index is 0.315. The van der Waals surface area contributed by atoms with Gasteiger partial charge in [0, 0.05) is 6.07 Å². The van der Waals surface area contributed by atoms with Crippen molar-refractivity contribution < 1.29 is 14.2 Å². The fraction of sp³-hybridized carbons (Fsp3) is 0.235. The van der Waals surface area contributed by atoms with Crippen LogP contribution in [0.4, 0.5) is 0 Å². The Morgan fingerprint density at radius 1 is 1.09 bits per heavy atom. The SMILES string of the molecule is CCOc1cc(C#N)cc(Br)c1OCCOc1ccccc1Cl. The van der Waals surface area contributed by atoms with E-state index in [2.05, 4.69) is 22.0 Å². The molecule has 0 radical (unpaired) electrons. The second kappa shape index (κ2) is 8.66. The Balaban J connectivity index is 2.00. The summed E-state index contributed by atoms with van der Waals surface area (Å²) in [5, 5.41) is 9.57. The van der Waals surface area contributed by atoms with Crippen molar-refractivity contribution in [1.82, 2.24) is 0 Å². The monoisotopic (exact) mass is 395 g/mol. The maximum absolute atomic E-state index is 9.01. The third-order valence-corrected chi connectivity index (χ3v) is 3.76. The number of para-hydroxylation sites is 1. The van der Waals surface area contributed by atoms with Crippen LogP contribution in [0, 0.1) is 11.3 Å². The van der Waals surface area contributed by atoms with Crippen LogP contribution in [0.25, 0.3) is 0 Å². The Morgan fingerprint density at radius 2 is 1.83 bits per heavy atom. The molecule has 120 valence electrons. The Labute approximate surface area is 148 Å². The second-order valence-electron chi connectivity index (χ2n) is 4.46. The van der Waals surface area contributed by atoms with Crippen LogP contribution in [0.3, 0.4) is 0 Å². The Kier molecular flexibility index (Phi) is 6.57. The molecule has 2 aromatic rings. The van der Waals surface area contributed by atoms with E-state index < -0.39 is 0 Å². The minimum Gasteiger partial charge on any atom is -0.490 e. The summed E-state index contributed by atoms with van der Waals surface area (Å²) in [4.78, 5) is 0. The third-order valence-electron chi connectivity index (χ3n) is 2.86. The lowest BCUT2D eigenvalue weighted by Gasteiger charge is -2.14. The zero-order valence-corrected chi connectivity index (χ0v) is 14.9. The van der Waals surface area contributed by atoms with E-state index in [0.29, 0.717) is 52.1 Å². The van der Waals surface area contributed by atoms with Gasteiger partial charge in [-0.3, -0.25) is 0 Å². The molecule has 0 N–H and O–H groups in total. The van der Waals surface area contributed by atoms with Crippen molar-refractivity contribution in [3.8, 4) is 23.3 Å². The Hall–Kier alpha value is -1.90. The molecule has 0 spiro atoms. The molecule has 0 unspecified atom stereocenters. The summed E-state index contributed by atoms with van der Waals surface area (Å²) in [6, 6.07) is 12.7. The first-order valence-corrected chi connectivity index (χ1v) is 8.19. The summed E-state index contributed by atoms with van der Waals surface area (Å²) in [7, 11) is 0. The van der Waals surface area contributed by atoms with Crippen LogP contribution < -0.4 is 14.2 Å². The van der Waals surface area contributed by atoms with Gasteiger partial charge in [0.2, 0.25) is 0 Å². The molecule has 0 aliphatic carbocycles. The highest BCUT2D eigenvalue weighted by Gasteiger charge is 2.12. The Morgan fingerprint density at radius 3 is 2.52 bits per heavy atom. The van der Waals surface area contributed by atoms with Crippen molar-refractivity contribution in [2.45, 2.75) is 6.92 Å². The zero-order chi connectivity index (χ0) is 16.7. The van der Waals surface area contributed by atoms with Crippen LogP contribution in [-0.2, 0) is 0 Å². The summed E-state index contributed by atoms with van der Waals surface area (Å²) in [5.74, 6) is 1.69. The number of nitriles is 1. The number of benzene rings is 2. The molecule has 0 heterocycles. The quantitative estimate of drug-likeness (QED) is 0.629. The van der Waals surface area contributed by atoms with Gasteiger partial charge in [0.1, 0.15) is 19.0 Å². The average Bonchev–Trinajstić information content (AvgIpc) is 2.55. The van der Waals surface area contributed by atoms with E-state index in [1.54, 1.807) is 24.3 Å². The molecule has 0 bridgehead atoms. The lowest BCUT2D eigenvalue weighted by molar-refractivity contribution is 0.207. The van der Waals surface area contributed by atoms with Crippen molar-refractivity contribution in [3.05, 3.63) is 51.5 Å². The van der Waals surface area contributed by atoms with Gasteiger partial charge in [0.25, 0.3) is 0 Å². The van der Waals surface area contributed by atoms with Gasteiger partial charge >= 0.3 is 0 Å². The maximum Gasteiger partial charge on any atom is 0.175 e. The Bertz CT molecular complexity index is 715. The molecule has 23 heavy (non-hydrogen) atoms. The molecular weight excluding hydrogens is 382 g/mol. The smallest absolute Gasteiger partial charge is 0.175 e. The molecule has 0 fully saturated rings. The van der Waals surface area contributed by atoms with Crippen molar-refractivity contribution >= 4 is 27.5 Å². The van der Waals surface area contributed by atoms with E-state index in [1.807, 2.05) is 19.1 Å². The zero-order valence-electron chi connectivity index (χ0n) is 12.5. The van der Waals surface area contributed by atoms with Gasteiger partial charge in [-0.25, -0.2) is 0 Å². The average molecular weight is 397 g/mol. The number of halogens is 2. The summed E-state index contributed by atoms with van der Waals surface area (Å²) >= 11 is 9.42. The van der Waals surface area contributed by atoms with Crippen LogP contribution >= 0.6 is 27.5 Å². The molecule has 0 aliphatic rings. The molecule has 2 rings (SSSR count). The van der Waals surface area contributed by atoms with Crippen LogP contribution in [0.1, 0.15) is 12.5 Å². The van der Waals surface area contributed by atoms with Crippen molar-refractivity contribution in [2.75, 3.05) is 19.8 Å². The van der Waals surface area contributed by atoms with Crippen LogP contribution in [0.5, 0.6) is 17.2 Å². The highest BCUT2D eigenvalue weighted by atomic mass is 79.9. The predicted molar refractivity (Wildman–Crippen MR) is 92.5 cm³/mol. The number of rotatable bonds is 7. The first-order valence-electron chi connectivity index (χ1n) is 7.02. The lowest BCUT2D eigenvalue weighted by Crippen LogP contribution is -2.10. The highest BCUT2D eigenvalue weighted by Crippen LogP contribution is 2.36. The summed E-state index contributed by atoms with van der Waals surface area (Å²) in [6.07, 6.45) is 0. The van der Waals surface area contributed by atoms with Crippen molar-refractivity contribution in [2.24, 2.45) is 0 Å². The van der Waals surface area contributed by atoms with E-state index >= 15 is 0 Å². The van der Waals surface area contributed by atoms with E-state index in [4.69, 9.17) is 31.1 Å². The van der Waals surface area contributed by atoms with Gasteiger partial charge in [-0.05, 0) is 41.1 Å². The van der Waals surface area contributed by atoms with Gasteiger partial charge in [-0.2, -0.15) is 5.26 Å². The fourth-order valence-electron chi connectivity index (χ4n) is 1.89. The lowest BCUT2D eigenvalue weighted by atomic mass is 10.2. The normalized spacial score (nSPS) is 10.0. The highest BCUT2D eigenvalue weighted by molar-refractivity contribution is 9.10. The predicted octanol–water partition coefficient (Wildman–Crippen LogP) is 4.83. The summed E-state index contributed by atoms with van der Waals surface area (Å²) in [5.41, 5.74) is 0.500. The van der Waals surface area contributed by atoms with Crippen molar-refractivity contribution in [1.29, 1.82) is 5.26 Å². The van der Waals surface area contributed by atoms with Crippen LogP contribution in [0.15, 0.2) is 40.9 Å². The molecule has 0 saturated carbocycles. The summed E-state index contributed by atoms with van der Waals surface area (Å²) < 4.78 is 17.5. The number of ether oxygens (including phenoxy) is 3. The van der Waals surface area contributed by atoms with E-state index in [-0.39, 0.29) is 0 Å². The molecule has 4 nitrogen and oxygen atoms in total. The molecule has 2 aromatic carbocycles. The number of hydrogen-bond acceptors (Lipinski definition) is 4. The van der Waals surface area contributed by atoms with Crippen molar-refractivity contribution in [3.63, 3.8) is 0 Å². The second-order valence-corrected chi connectivity index (χ2v) is 5.72. The van der Waals surface area contributed by atoms with Gasteiger partial charge in [0.05, 0.1) is 27.7 Å². The van der Waals surface area contributed by atoms with E-state index in [0.717, 1.165) is 0 Å². The number of hydrogen-bond donors (Lipinski definition) is 0. The minimum atomic E-state index is 0.315. The molecule has 6 heteroatoms. The van der Waals surface area contributed by atoms with E-state index in [9.17, 15) is 0 Å². The largest absolute Gasteiger partial charge is 0.490 e.